The van der Waals surface area contributed by atoms with Crippen LogP contribution >= 0.6 is 0 Å². The smallest absolute Gasteiger partial charge is 0.251 e. The molecule has 5 rings (SSSR count). The van der Waals surface area contributed by atoms with E-state index in [4.69, 9.17) is 14.2 Å². The third-order valence-electron chi connectivity index (χ3n) is 7.47. The van der Waals surface area contributed by atoms with Gasteiger partial charge in [-0.2, -0.15) is 0 Å². The van der Waals surface area contributed by atoms with Gasteiger partial charge in [0.1, 0.15) is 0 Å². The largest absolute Gasteiger partial charge is 0.493 e. The number of carbonyl (C=O) groups is 1. The Hall–Kier alpha value is -1.91. The third kappa shape index (κ3) is 3.23. The Morgan fingerprint density at radius 3 is 1.89 bits per heavy atom. The second-order valence-electron chi connectivity index (χ2n) is 9.13. The van der Waals surface area contributed by atoms with E-state index in [1.54, 1.807) is 33.5 Å². The standard InChI is InChI=1S/C23H33NO4/c1-5-20(23-11-14-6-15(12-23)8-16(7-14)13-23)24-22(25)17-9-18(26-2)21(28-4)19(10-17)27-3/h9-10,14-16,20H,5-8,11-13H2,1-4H3,(H,24,25). The van der Waals surface area contributed by atoms with Crippen LogP contribution in [0, 0.1) is 23.2 Å². The lowest BCUT2D eigenvalue weighted by atomic mass is 9.47. The Morgan fingerprint density at radius 1 is 1.00 bits per heavy atom. The van der Waals surface area contributed by atoms with Crippen LogP contribution in [-0.2, 0) is 0 Å². The van der Waals surface area contributed by atoms with Gasteiger partial charge in [-0.25, -0.2) is 0 Å². The van der Waals surface area contributed by atoms with Crippen LogP contribution in [0.4, 0.5) is 0 Å². The molecule has 154 valence electrons. The molecule has 4 fully saturated rings. The second-order valence-corrected chi connectivity index (χ2v) is 9.13. The van der Waals surface area contributed by atoms with E-state index in [9.17, 15) is 4.79 Å². The molecule has 1 unspecified atom stereocenters. The average Bonchev–Trinajstić information content (AvgIpc) is 2.69. The number of nitrogens with one attached hydrogen (secondary N) is 1. The van der Waals surface area contributed by atoms with E-state index < -0.39 is 0 Å². The monoisotopic (exact) mass is 387 g/mol. The summed E-state index contributed by atoms with van der Waals surface area (Å²) in [5.41, 5.74) is 0.845. The molecule has 1 N–H and O–H groups in total. The maximum atomic E-state index is 13.2. The minimum absolute atomic E-state index is 0.0538. The van der Waals surface area contributed by atoms with Gasteiger partial charge in [0.15, 0.2) is 11.5 Å². The van der Waals surface area contributed by atoms with Crippen molar-refractivity contribution in [1.29, 1.82) is 0 Å². The van der Waals surface area contributed by atoms with Crippen molar-refractivity contribution in [2.75, 3.05) is 21.3 Å². The fraction of sp³-hybridized carbons (Fsp3) is 0.696. The van der Waals surface area contributed by atoms with Gasteiger partial charge in [0.05, 0.1) is 21.3 Å². The summed E-state index contributed by atoms with van der Waals surface area (Å²) < 4.78 is 16.2. The van der Waals surface area contributed by atoms with Gasteiger partial charge >= 0.3 is 0 Å². The van der Waals surface area contributed by atoms with Gasteiger partial charge in [-0.05, 0) is 80.2 Å². The van der Waals surface area contributed by atoms with E-state index in [1.807, 2.05) is 0 Å². The van der Waals surface area contributed by atoms with Gasteiger partial charge in [0.2, 0.25) is 5.75 Å². The van der Waals surface area contributed by atoms with Crippen LogP contribution in [0.5, 0.6) is 17.2 Å². The summed E-state index contributed by atoms with van der Waals surface area (Å²) in [6, 6.07) is 3.71. The molecule has 1 amide bonds. The number of hydrogen-bond donors (Lipinski definition) is 1. The van der Waals surface area contributed by atoms with Gasteiger partial charge in [0.25, 0.3) is 5.91 Å². The summed E-state index contributed by atoms with van der Waals surface area (Å²) in [6.45, 7) is 2.21. The summed E-state index contributed by atoms with van der Waals surface area (Å²) in [4.78, 5) is 13.2. The lowest BCUT2D eigenvalue weighted by Gasteiger charge is -2.59. The molecule has 1 aromatic carbocycles. The quantitative estimate of drug-likeness (QED) is 0.752. The minimum Gasteiger partial charge on any atom is -0.493 e. The molecule has 4 aliphatic rings. The van der Waals surface area contributed by atoms with Crippen molar-refractivity contribution in [2.24, 2.45) is 23.2 Å². The van der Waals surface area contributed by atoms with Crippen molar-refractivity contribution in [1.82, 2.24) is 5.32 Å². The minimum atomic E-state index is -0.0538. The van der Waals surface area contributed by atoms with E-state index in [2.05, 4.69) is 12.2 Å². The van der Waals surface area contributed by atoms with Gasteiger partial charge in [-0.15, -0.1) is 0 Å². The van der Waals surface area contributed by atoms with Crippen molar-refractivity contribution in [3.05, 3.63) is 17.7 Å². The summed E-state index contributed by atoms with van der Waals surface area (Å²) in [7, 11) is 4.72. The molecule has 4 bridgehead atoms. The van der Waals surface area contributed by atoms with Crippen LogP contribution in [0.3, 0.4) is 0 Å². The number of carbonyl (C=O) groups excluding carboxylic acids is 1. The fourth-order valence-corrected chi connectivity index (χ4v) is 6.75. The highest BCUT2D eigenvalue weighted by atomic mass is 16.5. The van der Waals surface area contributed by atoms with E-state index in [0.29, 0.717) is 28.2 Å². The first-order chi connectivity index (χ1) is 13.5. The van der Waals surface area contributed by atoms with Crippen LogP contribution in [0.15, 0.2) is 12.1 Å². The van der Waals surface area contributed by atoms with Crippen LogP contribution < -0.4 is 19.5 Å². The van der Waals surface area contributed by atoms with Crippen molar-refractivity contribution < 1.29 is 19.0 Å². The molecule has 0 saturated heterocycles. The van der Waals surface area contributed by atoms with E-state index >= 15 is 0 Å². The zero-order chi connectivity index (χ0) is 19.9. The molecule has 5 heteroatoms. The van der Waals surface area contributed by atoms with Crippen LogP contribution in [0.2, 0.25) is 0 Å². The number of amides is 1. The van der Waals surface area contributed by atoms with Crippen LogP contribution in [0.25, 0.3) is 0 Å². The summed E-state index contributed by atoms with van der Waals surface area (Å²) >= 11 is 0. The molecule has 4 aliphatic carbocycles. The highest BCUT2D eigenvalue weighted by Gasteiger charge is 2.54. The maximum absolute atomic E-state index is 13.2. The maximum Gasteiger partial charge on any atom is 0.251 e. The van der Waals surface area contributed by atoms with Crippen LogP contribution in [-0.4, -0.2) is 33.3 Å². The van der Waals surface area contributed by atoms with Crippen molar-refractivity contribution >= 4 is 5.91 Å². The first kappa shape index (κ1) is 19.4. The molecule has 0 aliphatic heterocycles. The average molecular weight is 388 g/mol. The second kappa shape index (κ2) is 7.49. The molecule has 5 nitrogen and oxygen atoms in total. The van der Waals surface area contributed by atoms with Crippen molar-refractivity contribution in [2.45, 2.75) is 57.9 Å². The molecule has 4 saturated carbocycles. The Kier molecular flexibility index (Phi) is 5.19. The first-order valence-corrected chi connectivity index (χ1v) is 10.6. The van der Waals surface area contributed by atoms with Gasteiger partial charge < -0.3 is 19.5 Å². The number of hydrogen-bond acceptors (Lipinski definition) is 4. The van der Waals surface area contributed by atoms with Crippen molar-refractivity contribution in [3.8, 4) is 17.2 Å². The molecule has 0 spiro atoms. The van der Waals surface area contributed by atoms with Crippen LogP contribution in [0.1, 0.15) is 62.2 Å². The normalized spacial score (nSPS) is 31.4. The van der Waals surface area contributed by atoms with Gasteiger partial charge in [-0.1, -0.05) is 6.92 Å². The topological polar surface area (TPSA) is 56.8 Å². The van der Waals surface area contributed by atoms with E-state index in [1.165, 1.54) is 38.5 Å². The molecule has 0 aromatic heterocycles. The summed E-state index contributed by atoms with van der Waals surface area (Å²) in [5, 5.41) is 3.39. The zero-order valence-electron chi connectivity index (χ0n) is 17.5. The third-order valence-corrected chi connectivity index (χ3v) is 7.47. The Labute approximate surface area is 168 Å². The molecular formula is C23H33NO4. The lowest BCUT2D eigenvalue weighted by Crippen LogP contribution is -2.56. The SMILES string of the molecule is CCC(NC(=O)c1cc(OC)c(OC)c(OC)c1)C12CC3CC(CC(C3)C1)C2. The van der Waals surface area contributed by atoms with Crippen molar-refractivity contribution in [3.63, 3.8) is 0 Å². The fourth-order valence-electron chi connectivity index (χ4n) is 6.75. The lowest BCUT2D eigenvalue weighted by molar-refractivity contribution is -0.0727. The molecule has 0 heterocycles. The van der Waals surface area contributed by atoms with Gasteiger partial charge in [-0.3, -0.25) is 4.79 Å². The zero-order valence-corrected chi connectivity index (χ0v) is 17.5. The summed E-state index contributed by atoms with van der Waals surface area (Å²) in [6.07, 6.45) is 9.07. The predicted molar refractivity (Wildman–Crippen MR) is 108 cm³/mol. The number of benzene rings is 1. The molecule has 1 aromatic rings. The summed E-state index contributed by atoms with van der Waals surface area (Å²) in [5.74, 6) is 4.09. The Bertz CT molecular complexity index is 684. The first-order valence-electron chi connectivity index (χ1n) is 10.6. The predicted octanol–water partition coefficient (Wildman–Crippen LogP) is 4.44. The number of rotatable bonds is 7. The number of methoxy groups -OCH3 is 3. The Morgan fingerprint density at radius 2 is 1.50 bits per heavy atom. The van der Waals surface area contributed by atoms with E-state index in [0.717, 1.165) is 24.2 Å². The molecule has 28 heavy (non-hydrogen) atoms. The Balaban J connectivity index is 1.57. The van der Waals surface area contributed by atoms with Gasteiger partial charge in [0, 0.05) is 11.6 Å². The molecule has 1 atom stereocenters. The highest BCUT2D eigenvalue weighted by Crippen LogP contribution is 2.61. The number of ether oxygens (including phenoxy) is 3. The van der Waals surface area contributed by atoms with E-state index in [-0.39, 0.29) is 11.9 Å². The molecule has 0 radical (unpaired) electrons. The highest BCUT2D eigenvalue weighted by molar-refractivity contribution is 5.95. The molecular weight excluding hydrogens is 354 g/mol.